The maximum atomic E-state index is 9.19. The van der Waals surface area contributed by atoms with Gasteiger partial charge in [-0.05, 0) is 37.0 Å². The SMILES string of the molecule is COc1cc(N)ccc1OCCCCc1ccccc1.CS(=O)(=O)O. The summed E-state index contributed by atoms with van der Waals surface area (Å²) in [6.07, 6.45) is 3.93. The van der Waals surface area contributed by atoms with E-state index in [2.05, 4.69) is 24.3 Å². The average Bonchev–Trinajstić information content (AvgIpc) is 2.55. The highest BCUT2D eigenvalue weighted by molar-refractivity contribution is 7.85. The smallest absolute Gasteiger partial charge is 0.261 e. The maximum absolute atomic E-state index is 9.19. The van der Waals surface area contributed by atoms with Gasteiger partial charge in [-0.15, -0.1) is 0 Å². The second-order valence-electron chi connectivity index (χ2n) is 5.43. The van der Waals surface area contributed by atoms with E-state index in [4.69, 9.17) is 19.8 Å². The first-order chi connectivity index (χ1) is 11.8. The summed E-state index contributed by atoms with van der Waals surface area (Å²) in [7, 11) is -2.04. The largest absolute Gasteiger partial charge is 0.493 e. The molecular weight excluding hydrogens is 342 g/mol. The number of nitrogen functional groups attached to an aromatic ring is 1. The molecule has 0 aromatic heterocycles. The first-order valence-electron chi connectivity index (χ1n) is 7.82. The molecule has 2 aromatic carbocycles. The number of rotatable bonds is 7. The number of hydrogen-bond donors (Lipinski definition) is 2. The Labute approximate surface area is 149 Å². The molecule has 0 spiro atoms. The predicted molar refractivity (Wildman–Crippen MR) is 99.8 cm³/mol. The van der Waals surface area contributed by atoms with Crippen LogP contribution in [0.2, 0.25) is 0 Å². The average molecular weight is 367 g/mol. The lowest BCUT2D eigenvalue weighted by Gasteiger charge is -2.11. The van der Waals surface area contributed by atoms with Crippen LogP contribution in [-0.4, -0.2) is 32.9 Å². The van der Waals surface area contributed by atoms with Crippen molar-refractivity contribution in [1.29, 1.82) is 0 Å². The van der Waals surface area contributed by atoms with Crippen molar-refractivity contribution in [2.45, 2.75) is 19.3 Å². The minimum Gasteiger partial charge on any atom is -0.493 e. The lowest BCUT2D eigenvalue weighted by molar-refractivity contribution is 0.286. The van der Waals surface area contributed by atoms with Crippen LogP contribution in [0, 0.1) is 0 Å². The van der Waals surface area contributed by atoms with Crippen LogP contribution >= 0.6 is 0 Å². The van der Waals surface area contributed by atoms with Crippen LogP contribution in [0.1, 0.15) is 18.4 Å². The maximum Gasteiger partial charge on any atom is 0.261 e. The van der Waals surface area contributed by atoms with Crippen molar-refractivity contribution in [1.82, 2.24) is 0 Å². The van der Waals surface area contributed by atoms with Crippen molar-refractivity contribution >= 4 is 15.8 Å². The third-order valence-electron chi connectivity index (χ3n) is 3.15. The Kier molecular flexibility index (Phi) is 8.80. The van der Waals surface area contributed by atoms with Crippen molar-refractivity contribution in [3.05, 3.63) is 54.1 Å². The molecule has 6 nitrogen and oxygen atoms in total. The molecule has 7 heteroatoms. The minimum atomic E-state index is -3.67. The van der Waals surface area contributed by atoms with Gasteiger partial charge >= 0.3 is 0 Å². The molecule has 0 saturated heterocycles. The molecule has 0 heterocycles. The van der Waals surface area contributed by atoms with Gasteiger partial charge in [0.25, 0.3) is 10.1 Å². The summed E-state index contributed by atoms with van der Waals surface area (Å²) in [6.45, 7) is 0.688. The number of aryl methyl sites for hydroxylation is 1. The molecule has 3 N–H and O–H groups in total. The Morgan fingerprint density at radius 3 is 2.28 bits per heavy atom. The topological polar surface area (TPSA) is 98.9 Å². The van der Waals surface area contributed by atoms with Crippen LogP contribution in [0.3, 0.4) is 0 Å². The fourth-order valence-corrected chi connectivity index (χ4v) is 2.06. The standard InChI is InChI=1S/C17H21NO2.CH4O3S/c1-19-17-13-15(18)10-11-16(17)20-12-6-5-9-14-7-3-2-4-8-14;1-5(2,3)4/h2-4,7-8,10-11,13H,5-6,9,12,18H2,1H3;1H3,(H,2,3,4). The molecular formula is C18H25NO5S. The number of ether oxygens (including phenoxy) is 2. The van der Waals surface area contributed by atoms with E-state index in [-0.39, 0.29) is 0 Å². The summed E-state index contributed by atoms with van der Waals surface area (Å²) in [5.74, 6) is 1.44. The van der Waals surface area contributed by atoms with Gasteiger partial charge in [0, 0.05) is 11.8 Å². The molecule has 0 atom stereocenters. The Morgan fingerprint density at radius 1 is 1.04 bits per heavy atom. The molecule has 0 aliphatic rings. The Morgan fingerprint density at radius 2 is 1.68 bits per heavy atom. The van der Waals surface area contributed by atoms with Crippen LogP contribution in [-0.2, 0) is 16.5 Å². The molecule has 0 aliphatic heterocycles. The molecule has 2 rings (SSSR count). The lowest BCUT2D eigenvalue weighted by atomic mass is 10.1. The molecule has 0 fully saturated rings. The predicted octanol–water partition coefficient (Wildman–Crippen LogP) is 3.18. The van der Waals surface area contributed by atoms with Crippen molar-refractivity contribution in [3.63, 3.8) is 0 Å². The number of benzene rings is 2. The zero-order valence-electron chi connectivity index (χ0n) is 14.5. The number of hydrogen-bond acceptors (Lipinski definition) is 5. The number of unbranched alkanes of at least 4 members (excludes halogenated alkanes) is 1. The van der Waals surface area contributed by atoms with E-state index in [0.29, 0.717) is 24.3 Å². The van der Waals surface area contributed by atoms with Gasteiger partial charge in [-0.2, -0.15) is 8.42 Å². The Balaban J connectivity index is 0.000000550. The summed E-state index contributed by atoms with van der Waals surface area (Å²) in [4.78, 5) is 0. The molecule has 138 valence electrons. The van der Waals surface area contributed by atoms with E-state index >= 15 is 0 Å². The van der Waals surface area contributed by atoms with Crippen LogP contribution in [0.5, 0.6) is 11.5 Å². The third-order valence-corrected chi connectivity index (χ3v) is 3.15. The summed E-state index contributed by atoms with van der Waals surface area (Å²) in [6, 6.07) is 16.0. The van der Waals surface area contributed by atoms with E-state index in [1.807, 2.05) is 18.2 Å². The molecule has 0 saturated carbocycles. The molecule has 0 bridgehead atoms. The van der Waals surface area contributed by atoms with Crippen LogP contribution < -0.4 is 15.2 Å². The van der Waals surface area contributed by atoms with E-state index in [1.165, 1.54) is 5.56 Å². The summed E-state index contributed by atoms with van der Waals surface area (Å²) < 4.78 is 36.9. The van der Waals surface area contributed by atoms with E-state index in [9.17, 15) is 8.42 Å². The summed E-state index contributed by atoms with van der Waals surface area (Å²) >= 11 is 0. The normalized spacial score (nSPS) is 10.5. The molecule has 0 amide bonds. The monoisotopic (exact) mass is 367 g/mol. The second kappa shape index (κ2) is 10.6. The summed E-state index contributed by atoms with van der Waals surface area (Å²) in [5.41, 5.74) is 7.76. The lowest BCUT2D eigenvalue weighted by Crippen LogP contribution is -2.00. The zero-order chi connectivity index (χ0) is 18.7. The third kappa shape index (κ3) is 10.3. The first kappa shape index (κ1) is 20.8. The van der Waals surface area contributed by atoms with Gasteiger partial charge in [0.1, 0.15) is 0 Å². The molecule has 2 aromatic rings. The Hall–Kier alpha value is -2.25. The van der Waals surface area contributed by atoms with Crippen molar-refractivity contribution < 1.29 is 22.4 Å². The van der Waals surface area contributed by atoms with Crippen LogP contribution in [0.25, 0.3) is 0 Å². The number of nitrogens with two attached hydrogens (primary N) is 1. The second-order valence-corrected chi connectivity index (χ2v) is 6.90. The fourth-order valence-electron chi connectivity index (χ4n) is 2.06. The van der Waals surface area contributed by atoms with Gasteiger partial charge < -0.3 is 15.2 Å². The molecule has 25 heavy (non-hydrogen) atoms. The van der Waals surface area contributed by atoms with Gasteiger partial charge in [-0.1, -0.05) is 30.3 Å². The van der Waals surface area contributed by atoms with Crippen LogP contribution in [0.15, 0.2) is 48.5 Å². The van der Waals surface area contributed by atoms with Gasteiger partial charge in [0.15, 0.2) is 11.5 Å². The first-order valence-corrected chi connectivity index (χ1v) is 9.67. The number of methoxy groups -OCH3 is 1. The fraction of sp³-hybridized carbons (Fsp3) is 0.333. The quantitative estimate of drug-likeness (QED) is 0.443. The molecule has 0 aliphatic carbocycles. The molecule has 0 unspecified atom stereocenters. The summed E-state index contributed by atoms with van der Waals surface area (Å²) in [5, 5.41) is 0. The van der Waals surface area contributed by atoms with Gasteiger partial charge in [0.2, 0.25) is 0 Å². The van der Waals surface area contributed by atoms with E-state index < -0.39 is 10.1 Å². The van der Waals surface area contributed by atoms with Crippen molar-refractivity contribution in [2.24, 2.45) is 0 Å². The highest BCUT2D eigenvalue weighted by Crippen LogP contribution is 2.29. The zero-order valence-corrected chi connectivity index (χ0v) is 15.3. The van der Waals surface area contributed by atoms with Gasteiger partial charge in [-0.3, -0.25) is 4.55 Å². The molecule has 0 radical (unpaired) electrons. The van der Waals surface area contributed by atoms with Crippen LogP contribution in [0.4, 0.5) is 5.69 Å². The van der Waals surface area contributed by atoms with Crippen molar-refractivity contribution in [2.75, 3.05) is 25.7 Å². The number of anilines is 1. The van der Waals surface area contributed by atoms with Gasteiger partial charge in [-0.25, -0.2) is 0 Å². The Bertz CT molecular complexity index is 724. The van der Waals surface area contributed by atoms with Gasteiger partial charge in [0.05, 0.1) is 20.0 Å². The van der Waals surface area contributed by atoms with Crippen molar-refractivity contribution in [3.8, 4) is 11.5 Å². The highest BCUT2D eigenvalue weighted by Gasteiger charge is 2.04. The highest BCUT2D eigenvalue weighted by atomic mass is 32.2. The van der Waals surface area contributed by atoms with E-state index in [1.54, 1.807) is 13.2 Å². The van der Waals surface area contributed by atoms with E-state index in [0.717, 1.165) is 25.0 Å². The minimum absolute atomic E-state index is 0.679.